The molecule has 3 aromatic rings. The number of fused-ring (bicyclic) bond motifs is 1. The Morgan fingerprint density at radius 2 is 2.00 bits per heavy atom. The highest BCUT2D eigenvalue weighted by Crippen LogP contribution is 2.22. The molecule has 1 aromatic carbocycles. The van der Waals surface area contributed by atoms with Gasteiger partial charge >= 0.3 is 5.69 Å². The molecule has 1 amide bonds. The van der Waals surface area contributed by atoms with Crippen molar-refractivity contribution in [1.29, 1.82) is 0 Å². The van der Waals surface area contributed by atoms with Gasteiger partial charge in [0.1, 0.15) is 5.82 Å². The van der Waals surface area contributed by atoms with Gasteiger partial charge in [0.15, 0.2) is 16.3 Å². The van der Waals surface area contributed by atoms with Crippen molar-refractivity contribution in [2.45, 2.75) is 25.0 Å². The van der Waals surface area contributed by atoms with Gasteiger partial charge in [-0.25, -0.2) is 14.2 Å². The van der Waals surface area contributed by atoms with Crippen LogP contribution in [0.3, 0.4) is 0 Å². The number of benzene rings is 1. The predicted molar refractivity (Wildman–Crippen MR) is 106 cm³/mol. The number of aryl methyl sites for hydroxylation is 2. The lowest BCUT2D eigenvalue weighted by Crippen LogP contribution is -2.37. The van der Waals surface area contributed by atoms with Crippen LogP contribution in [0.2, 0.25) is 0 Å². The molecule has 0 atom stereocenters. The van der Waals surface area contributed by atoms with E-state index in [1.807, 2.05) is 6.92 Å². The Bertz CT molecular complexity index is 1160. The van der Waals surface area contributed by atoms with Gasteiger partial charge in [-0.3, -0.25) is 18.7 Å². The maximum atomic E-state index is 13.2. The number of carbonyl (C=O) groups excluding carboxylic acids is 1. The zero-order valence-electron chi connectivity index (χ0n) is 15.7. The largest absolute Gasteiger partial charge is 0.332 e. The van der Waals surface area contributed by atoms with Crippen molar-refractivity contribution < 1.29 is 9.18 Å². The topological polar surface area (TPSA) is 90.9 Å². The van der Waals surface area contributed by atoms with Crippen LogP contribution in [0.15, 0.2) is 39.0 Å². The lowest BCUT2D eigenvalue weighted by molar-refractivity contribution is -0.113. The highest BCUT2D eigenvalue weighted by molar-refractivity contribution is 7.99. The molecule has 0 radical (unpaired) electrons. The lowest BCUT2D eigenvalue weighted by atomic mass is 10.3. The summed E-state index contributed by atoms with van der Waals surface area (Å²) in [5.74, 6) is -0.739. The van der Waals surface area contributed by atoms with E-state index < -0.39 is 17.1 Å². The molecular weight excluding hydrogens is 385 g/mol. The third-order valence-corrected chi connectivity index (χ3v) is 5.18. The molecule has 0 aliphatic rings. The fraction of sp³-hybridized carbons (Fsp3) is 0.333. The van der Waals surface area contributed by atoms with Crippen molar-refractivity contribution in [3.05, 3.63) is 50.9 Å². The van der Waals surface area contributed by atoms with E-state index in [2.05, 4.69) is 10.3 Å². The predicted octanol–water partition coefficient (Wildman–Crippen LogP) is 1.71. The smallest absolute Gasteiger partial charge is 0.325 e. The van der Waals surface area contributed by atoms with E-state index >= 15 is 0 Å². The van der Waals surface area contributed by atoms with E-state index in [-0.39, 0.29) is 17.3 Å². The summed E-state index contributed by atoms with van der Waals surface area (Å²) in [7, 11) is 2.98. The number of thioether (sulfide) groups is 1. The van der Waals surface area contributed by atoms with E-state index in [0.29, 0.717) is 22.9 Å². The second-order valence-corrected chi connectivity index (χ2v) is 7.21. The van der Waals surface area contributed by atoms with E-state index in [0.717, 1.165) is 22.7 Å². The summed E-state index contributed by atoms with van der Waals surface area (Å²) < 4.78 is 17.3. The van der Waals surface area contributed by atoms with Crippen LogP contribution in [0.1, 0.15) is 13.3 Å². The van der Waals surface area contributed by atoms with Crippen molar-refractivity contribution in [3.63, 3.8) is 0 Å². The molecule has 0 bridgehead atoms. The summed E-state index contributed by atoms with van der Waals surface area (Å²) in [6.07, 6.45) is 0.750. The molecule has 8 nitrogen and oxygen atoms in total. The third kappa shape index (κ3) is 3.72. The van der Waals surface area contributed by atoms with Gasteiger partial charge in [-0.1, -0.05) is 24.8 Å². The Hall–Kier alpha value is -2.88. The molecule has 10 heteroatoms. The highest BCUT2D eigenvalue weighted by Gasteiger charge is 2.19. The van der Waals surface area contributed by atoms with Crippen molar-refractivity contribution in [2.24, 2.45) is 14.1 Å². The van der Waals surface area contributed by atoms with Gasteiger partial charge in [0.05, 0.1) is 5.75 Å². The minimum Gasteiger partial charge on any atom is -0.325 e. The average Bonchev–Trinajstić information content (AvgIpc) is 3.02. The highest BCUT2D eigenvalue weighted by atomic mass is 32.2. The number of carbonyl (C=O) groups is 1. The summed E-state index contributed by atoms with van der Waals surface area (Å²) in [5.41, 5.74) is 0.104. The molecule has 0 aliphatic carbocycles. The molecule has 0 aliphatic heterocycles. The summed E-state index contributed by atoms with van der Waals surface area (Å²) in [4.78, 5) is 41.4. The quantitative estimate of drug-likeness (QED) is 0.631. The van der Waals surface area contributed by atoms with Crippen LogP contribution >= 0.6 is 11.8 Å². The van der Waals surface area contributed by atoms with Crippen LogP contribution in [0.25, 0.3) is 11.2 Å². The number of hydrogen-bond acceptors (Lipinski definition) is 5. The Morgan fingerprint density at radius 1 is 1.25 bits per heavy atom. The molecule has 0 saturated heterocycles. The maximum absolute atomic E-state index is 13.2. The van der Waals surface area contributed by atoms with Gasteiger partial charge < -0.3 is 9.88 Å². The molecule has 2 aromatic heterocycles. The van der Waals surface area contributed by atoms with Crippen molar-refractivity contribution in [3.8, 4) is 0 Å². The van der Waals surface area contributed by atoms with Crippen LogP contribution < -0.4 is 16.6 Å². The molecular formula is C18H20FN5O3S. The third-order valence-electron chi connectivity index (χ3n) is 4.20. The first-order valence-electron chi connectivity index (χ1n) is 8.68. The van der Waals surface area contributed by atoms with E-state index in [1.54, 1.807) is 17.7 Å². The number of nitrogens with one attached hydrogen (secondary N) is 1. The molecule has 0 fully saturated rings. The number of anilines is 1. The van der Waals surface area contributed by atoms with Crippen molar-refractivity contribution in [2.75, 3.05) is 11.1 Å². The average molecular weight is 405 g/mol. The molecule has 28 heavy (non-hydrogen) atoms. The van der Waals surface area contributed by atoms with Gasteiger partial charge in [-0.15, -0.1) is 0 Å². The number of aromatic nitrogens is 4. The Morgan fingerprint density at radius 3 is 2.68 bits per heavy atom. The van der Waals surface area contributed by atoms with Gasteiger partial charge in [-0.05, 0) is 24.6 Å². The van der Waals surface area contributed by atoms with Gasteiger partial charge in [0, 0.05) is 26.3 Å². The zero-order chi connectivity index (χ0) is 20.4. The number of hydrogen-bond donors (Lipinski definition) is 1. The van der Waals surface area contributed by atoms with Crippen LogP contribution in [-0.2, 0) is 25.4 Å². The summed E-state index contributed by atoms with van der Waals surface area (Å²) >= 11 is 1.16. The fourth-order valence-electron chi connectivity index (χ4n) is 2.86. The molecule has 0 unspecified atom stereocenters. The first-order valence-corrected chi connectivity index (χ1v) is 9.66. The number of amides is 1. The SMILES string of the molecule is CCCn1c(SCC(=O)Nc2cccc(F)c2)nc2c1c(=O)n(C)c(=O)n2C. The molecule has 3 rings (SSSR count). The number of rotatable bonds is 6. The van der Waals surface area contributed by atoms with Crippen molar-refractivity contribution >= 4 is 34.5 Å². The Labute approximate surface area is 164 Å². The first kappa shape index (κ1) is 19.9. The van der Waals surface area contributed by atoms with Gasteiger partial charge in [0.2, 0.25) is 5.91 Å². The van der Waals surface area contributed by atoms with Crippen LogP contribution in [-0.4, -0.2) is 30.3 Å². The van der Waals surface area contributed by atoms with E-state index in [9.17, 15) is 18.8 Å². The Kier molecular flexibility index (Phi) is 5.68. The summed E-state index contributed by atoms with van der Waals surface area (Å²) in [6, 6.07) is 5.63. The molecule has 1 N–H and O–H groups in total. The minimum atomic E-state index is -0.459. The summed E-state index contributed by atoms with van der Waals surface area (Å²) in [5, 5.41) is 3.10. The fourth-order valence-corrected chi connectivity index (χ4v) is 3.68. The normalized spacial score (nSPS) is 11.1. The maximum Gasteiger partial charge on any atom is 0.332 e. The molecule has 0 spiro atoms. The van der Waals surface area contributed by atoms with Crippen LogP contribution in [0, 0.1) is 5.82 Å². The molecule has 2 heterocycles. The molecule has 148 valence electrons. The monoisotopic (exact) mass is 405 g/mol. The molecule has 0 saturated carbocycles. The minimum absolute atomic E-state index is 0.0256. The number of halogens is 1. The Balaban J connectivity index is 1.90. The second kappa shape index (κ2) is 8.01. The van der Waals surface area contributed by atoms with E-state index in [4.69, 9.17) is 0 Å². The van der Waals surface area contributed by atoms with E-state index in [1.165, 1.54) is 29.8 Å². The first-order chi connectivity index (χ1) is 13.3. The summed E-state index contributed by atoms with van der Waals surface area (Å²) in [6.45, 7) is 2.49. The van der Waals surface area contributed by atoms with Gasteiger partial charge in [0.25, 0.3) is 5.56 Å². The van der Waals surface area contributed by atoms with Gasteiger partial charge in [-0.2, -0.15) is 0 Å². The number of nitrogens with zero attached hydrogens (tertiary/aromatic N) is 4. The lowest BCUT2D eigenvalue weighted by Gasteiger charge is -2.08. The second-order valence-electron chi connectivity index (χ2n) is 6.27. The number of imidazole rings is 1. The van der Waals surface area contributed by atoms with Crippen LogP contribution in [0.5, 0.6) is 0 Å². The zero-order valence-corrected chi connectivity index (χ0v) is 16.5. The van der Waals surface area contributed by atoms with Crippen molar-refractivity contribution in [1.82, 2.24) is 18.7 Å². The standard InChI is InChI=1S/C18H20FN5O3S/c1-4-8-24-14-15(22(2)18(27)23(3)16(14)26)21-17(24)28-10-13(25)20-12-7-5-6-11(19)9-12/h5-7,9H,4,8,10H2,1-3H3,(H,20,25). The van der Waals surface area contributed by atoms with Crippen LogP contribution in [0.4, 0.5) is 10.1 Å².